The van der Waals surface area contributed by atoms with Crippen LogP contribution in [0.2, 0.25) is 0 Å². The third-order valence-electron chi connectivity index (χ3n) is 2.78. The molecule has 2 rings (SSSR count). The summed E-state index contributed by atoms with van der Waals surface area (Å²) in [6.07, 6.45) is -0.533. The number of nitrogen functional groups attached to an aromatic ring is 1. The zero-order valence-corrected chi connectivity index (χ0v) is 9.68. The van der Waals surface area contributed by atoms with Crippen molar-refractivity contribution >= 4 is 5.82 Å². The minimum absolute atomic E-state index is 0.226. The smallest absolute Gasteiger partial charge is 0.351 e. The van der Waals surface area contributed by atoms with E-state index in [0.717, 1.165) is 10.8 Å². The Balaban J connectivity index is 2.41. The summed E-state index contributed by atoms with van der Waals surface area (Å²) in [5.74, 6) is -1.39. The molecule has 1 aliphatic heterocycles. The molecule has 2 heterocycles. The molecule has 19 heavy (non-hydrogen) atoms. The average Bonchev–Trinajstić information content (AvgIpc) is 2.77. The van der Waals surface area contributed by atoms with E-state index in [9.17, 15) is 9.18 Å². The number of azide groups is 1. The number of nitrogens with two attached hydrogens (primary N) is 1. The normalized spacial score (nSPS) is 26.1. The van der Waals surface area contributed by atoms with Crippen molar-refractivity contribution in [2.24, 2.45) is 5.11 Å². The van der Waals surface area contributed by atoms with E-state index >= 15 is 0 Å². The van der Waals surface area contributed by atoms with Crippen LogP contribution in [-0.2, 0) is 4.74 Å². The molecule has 10 heteroatoms. The molecular formula is C9H11FN6O3. The van der Waals surface area contributed by atoms with Gasteiger partial charge in [0.25, 0.3) is 0 Å². The highest BCUT2D eigenvalue weighted by molar-refractivity contribution is 5.26. The second-order valence-corrected chi connectivity index (χ2v) is 4.00. The first kappa shape index (κ1) is 13.3. The van der Waals surface area contributed by atoms with Crippen LogP contribution in [0.15, 0.2) is 16.1 Å². The predicted molar refractivity (Wildman–Crippen MR) is 61.4 cm³/mol. The molecule has 3 N–H and O–H groups in total. The second kappa shape index (κ2) is 5.22. The lowest BCUT2D eigenvalue weighted by molar-refractivity contribution is -0.0282. The number of nitrogens with zero attached hydrogens (tertiary/aromatic N) is 5. The molecule has 1 aliphatic rings. The van der Waals surface area contributed by atoms with Crippen molar-refractivity contribution in [1.82, 2.24) is 9.55 Å². The Morgan fingerprint density at radius 1 is 1.79 bits per heavy atom. The number of rotatable bonds is 3. The first-order valence-corrected chi connectivity index (χ1v) is 5.41. The molecule has 0 aromatic carbocycles. The van der Waals surface area contributed by atoms with Gasteiger partial charge in [0.2, 0.25) is 0 Å². The quantitative estimate of drug-likeness (QED) is 0.449. The number of aliphatic hydroxyl groups is 1. The standard InChI is InChI=1S/C9H11FN6O3/c10-5-2-16(9(18)13-7(5)11)8-6(14-15-12)1-4(3-17)19-8/h2,4,6,8,17H,1,3H2,(H2,11,13,18). The fourth-order valence-corrected chi connectivity index (χ4v) is 1.91. The van der Waals surface area contributed by atoms with Gasteiger partial charge in [0, 0.05) is 4.91 Å². The van der Waals surface area contributed by atoms with Crippen molar-refractivity contribution in [1.29, 1.82) is 0 Å². The van der Waals surface area contributed by atoms with E-state index in [0.29, 0.717) is 0 Å². The first-order valence-electron chi connectivity index (χ1n) is 5.41. The zero-order valence-electron chi connectivity index (χ0n) is 9.68. The van der Waals surface area contributed by atoms with Crippen LogP contribution in [-0.4, -0.2) is 33.4 Å². The van der Waals surface area contributed by atoms with E-state index in [1.54, 1.807) is 0 Å². The number of anilines is 1. The Morgan fingerprint density at radius 3 is 3.16 bits per heavy atom. The summed E-state index contributed by atoms with van der Waals surface area (Å²) >= 11 is 0. The maximum atomic E-state index is 13.3. The summed E-state index contributed by atoms with van der Waals surface area (Å²) < 4.78 is 19.5. The summed E-state index contributed by atoms with van der Waals surface area (Å²) in [4.78, 5) is 17.6. The van der Waals surface area contributed by atoms with Crippen molar-refractivity contribution in [3.63, 3.8) is 0 Å². The van der Waals surface area contributed by atoms with Crippen LogP contribution in [0.25, 0.3) is 10.4 Å². The molecule has 3 atom stereocenters. The lowest BCUT2D eigenvalue weighted by atomic mass is 10.2. The summed E-state index contributed by atoms with van der Waals surface area (Å²) in [7, 11) is 0. The molecule has 1 aromatic rings. The molecule has 0 radical (unpaired) electrons. The van der Waals surface area contributed by atoms with Gasteiger partial charge in [0.15, 0.2) is 11.6 Å². The Labute approximate surface area is 106 Å². The highest BCUT2D eigenvalue weighted by Crippen LogP contribution is 2.30. The molecule has 0 saturated carbocycles. The highest BCUT2D eigenvalue weighted by Gasteiger charge is 2.36. The molecular weight excluding hydrogens is 259 g/mol. The zero-order chi connectivity index (χ0) is 14.0. The van der Waals surface area contributed by atoms with Gasteiger partial charge in [-0.3, -0.25) is 4.57 Å². The van der Waals surface area contributed by atoms with Crippen molar-refractivity contribution < 1.29 is 14.2 Å². The molecule has 1 fully saturated rings. The second-order valence-electron chi connectivity index (χ2n) is 4.00. The van der Waals surface area contributed by atoms with Gasteiger partial charge < -0.3 is 15.6 Å². The summed E-state index contributed by atoms with van der Waals surface area (Å²) in [6.45, 7) is -0.298. The Bertz CT molecular complexity index is 584. The van der Waals surface area contributed by atoms with Gasteiger partial charge in [-0.1, -0.05) is 5.11 Å². The number of hydrogen-bond acceptors (Lipinski definition) is 6. The third-order valence-corrected chi connectivity index (χ3v) is 2.78. The summed E-state index contributed by atoms with van der Waals surface area (Å²) in [6, 6.07) is -0.732. The largest absolute Gasteiger partial charge is 0.394 e. The molecule has 9 nitrogen and oxygen atoms in total. The number of aliphatic hydroxyl groups excluding tert-OH is 1. The van der Waals surface area contributed by atoms with Gasteiger partial charge >= 0.3 is 5.69 Å². The van der Waals surface area contributed by atoms with Crippen molar-refractivity contribution in [3.05, 3.63) is 32.9 Å². The molecule has 0 amide bonds. The fourth-order valence-electron chi connectivity index (χ4n) is 1.91. The van der Waals surface area contributed by atoms with Gasteiger partial charge in [-0.25, -0.2) is 9.18 Å². The fraction of sp³-hybridized carbons (Fsp3) is 0.556. The minimum atomic E-state index is -1.01. The molecule has 0 spiro atoms. The topological polar surface area (TPSA) is 139 Å². The molecule has 1 aromatic heterocycles. The van der Waals surface area contributed by atoms with Crippen molar-refractivity contribution in [2.45, 2.75) is 24.8 Å². The van der Waals surface area contributed by atoms with Gasteiger partial charge in [-0.15, -0.1) is 0 Å². The van der Waals surface area contributed by atoms with Crippen LogP contribution in [0.4, 0.5) is 10.2 Å². The minimum Gasteiger partial charge on any atom is -0.394 e. The van der Waals surface area contributed by atoms with Crippen LogP contribution < -0.4 is 11.4 Å². The van der Waals surface area contributed by atoms with E-state index < -0.39 is 35.7 Å². The molecule has 0 aliphatic carbocycles. The van der Waals surface area contributed by atoms with Crippen molar-refractivity contribution in [3.8, 4) is 0 Å². The Hall–Kier alpha value is -2.16. The van der Waals surface area contributed by atoms with Crippen LogP contribution in [0.5, 0.6) is 0 Å². The average molecular weight is 270 g/mol. The van der Waals surface area contributed by atoms with Crippen LogP contribution in [0, 0.1) is 5.82 Å². The van der Waals surface area contributed by atoms with Crippen molar-refractivity contribution in [2.75, 3.05) is 12.3 Å². The Kier molecular flexibility index (Phi) is 3.65. The monoisotopic (exact) mass is 270 g/mol. The molecule has 102 valence electrons. The maximum absolute atomic E-state index is 13.3. The third kappa shape index (κ3) is 2.50. The Morgan fingerprint density at radius 2 is 2.53 bits per heavy atom. The molecule has 0 bridgehead atoms. The number of aromatic nitrogens is 2. The van der Waals surface area contributed by atoms with Crippen LogP contribution >= 0.6 is 0 Å². The lowest BCUT2D eigenvalue weighted by Crippen LogP contribution is -2.32. The predicted octanol–water partition coefficient (Wildman–Crippen LogP) is -0.0767. The SMILES string of the molecule is [N-]=[N+]=NC1CC(CO)OC1n1cc(F)c(N)nc1=O. The summed E-state index contributed by atoms with van der Waals surface area (Å²) in [5, 5.41) is 12.5. The number of halogens is 1. The van der Waals surface area contributed by atoms with Gasteiger partial charge in [-0.2, -0.15) is 4.98 Å². The van der Waals surface area contributed by atoms with Gasteiger partial charge in [0.05, 0.1) is 24.9 Å². The lowest BCUT2D eigenvalue weighted by Gasteiger charge is -2.17. The van der Waals surface area contributed by atoms with E-state index in [1.807, 2.05) is 0 Å². The number of ether oxygens (including phenoxy) is 1. The van der Waals surface area contributed by atoms with Crippen LogP contribution in [0.1, 0.15) is 12.6 Å². The van der Waals surface area contributed by atoms with E-state index in [1.165, 1.54) is 0 Å². The van der Waals surface area contributed by atoms with E-state index in [2.05, 4.69) is 15.0 Å². The molecule has 1 saturated heterocycles. The van der Waals surface area contributed by atoms with E-state index in [-0.39, 0.29) is 13.0 Å². The van der Waals surface area contributed by atoms with Crippen LogP contribution in [0.3, 0.4) is 0 Å². The summed E-state index contributed by atoms with van der Waals surface area (Å²) in [5.41, 5.74) is 12.8. The first-order chi connectivity index (χ1) is 9.06. The van der Waals surface area contributed by atoms with E-state index in [4.69, 9.17) is 21.1 Å². The number of hydrogen-bond donors (Lipinski definition) is 2. The molecule has 3 unspecified atom stereocenters. The maximum Gasteiger partial charge on any atom is 0.351 e. The van der Waals surface area contributed by atoms with Gasteiger partial charge in [-0.05, 0) is 12.0 Å². The van der Waals surface area contributed by atoms with Gasteiger partial charge in [0.1, 0.15) is 6.23 Å². The highest BCUT2D eigenvalue weighted by atomic mass is 19.1.